The molecule has 1 aromatic rings. The third-order valence-electron chi connectivity index (χ3n) is 3.45. The first kappa shape index (κ1) is 14.7. The zero-order chi connectivity index (χ0) is 14.9. The molecule has 0 radical (unpaired) electrons. The van der Waals surface area contributed by atoms with Crippen molar-refractivity contribution in [3.8, 4) is 0 Å². The molecule has 2 rings (SSSR count). The first-order valence-corrected chi connectivity index (χ1v) is 7.54. The number of likely N-dealkylation sites (tertiary alicyclic amines) is 1. The molecule has 0 spiro atoms. The Labute approximate surface area is 122 Å². The van der Waals surface area contributed by atoms with Gasteiger partial charge in [-0.1, -0.05) is 0 Å². The van der Waals surface area contributed by atoms with Gasteiger partial charge in [0.05, 0.1) is 12.3 Å². The maximum atomic E-state index is 12.1. The average molecular weight is 294 g/mol. The molecule has 20 heavy (non-hydrogen) atoms. The molecule has 0 saturated carbocycles. The number of hydrogen-bond acceptors (Lipinski definition) is 4. The normalized spacial score (nSPS) is 20.6. The molecule has 108 valence electrons. The van der Waals surface area contributed by atoms with Crippen molar-refractivity contribution >= 4 is 29.1 Å². The van der Waals surface area contributed by atoms with Gasteiger partial charge in [0.2, 0.25) is 11.8 Å². The number of amides is 3. The topological polar surface area (TPSA) is 66.5 Å². The summed E-state index contributed by atoms with van der Waals surface area (Å²) in [6.45, 7) is 5.36. The smallest absolute Gasteiger partial charge is 0.252 e. The van der Waals surface area contributed by atoms with Crippen LogP contribution in [0.15, 0.2) is 16.8 Å². The van der Waals surface area contributed by atoms with Gasteiger partial charge < -0.3 is 5.32 Å². The number of hydrogen-bond donors (Lipinski definition) is 1. The third kappa shape index (κ3) is 2.75. The highest BCUT2D eigenvalue weighted by Crippen LogP contribution is 2.21. The zero-order valence-electron chi connectivity index (χ0n) is 11.8. The molecule has 5 nitrogen and oxygen atoms in total. The van der Waals surface area contributed by atoms with Crippen LogP contribution in [0.3, 0.4) is 0 Å². The maximum absolute atomic E-state index is 12.1. The van der Waals surface area contributed by atoms with E-state index in [1.165, 1.54) is 16.2 Å². The van der Waals surface area contributed by atoms with E-state index in [0.717, 1.165) is 5.56 Å². The second kappa shape index (κ2) is 5.75. The van der Waals surface area contributed by atoms with E-state index in [-0.39, 0.29) is 36.1 Å². The van der Waals surface area contributed by atoms with E-state index in [1.54, 1.807) is 20.8 Å². The van der Waals surface area contributed by atoms with Gasteiger partial charge in [0.1, 0.15) is 6.04 Å². The Bertz CT molecular complexity index is 525. The van der Waals surface area contributed by atoms with Crippen LogP contribution in [0.25, 0.3) is 0 Å². The Kier molecular flexibility index (Phi) is 4.23. The number of imide groups is 1. The zero-order valence-corrected chi connectivity index (χ0v) is 12.6. The van der Waals surface area contributed by atoms with E-state index in [0.29, 0.717) is 0 Å². The molecule has 2 atom stereocenters. The summed E-state index contributed by atoms with van der Waals surface area (Å²) in [5.74, 6) is -1.08. The molecule has 0 aromatic carbocycles. The van der Waals surface area contributed by atoms with E-state index < -0.39 is 6.04 Å². The van der Waals surface area contributed by atoms with E-state index in [4.69, 9.17) is 0 Å². The summed E-state index contributed by atoms with van der Waals surface area (Å²) in [6.07, 6.45) is 0.0547. The second-order valence-electron chi connectivity index (χ2n) is 5.24. The average Bonchev–Trinajstić information content (AvgIpc) is 2.97. The molecule has 1 aliphatic rings. The van der Waals surface area contributed by atoms with Gasteiger partial charge in [0, 0.05) is 6.04 Å². The van der Waals surface area contributed by atoms with Crippen molar-refractivity contribution in [2.24, 2.45) is 0 Å². The van der Waals surface area contributed by atoms with Crippen LogP contribution in [-0.2, 0) is 14.4 Å². The molecule has 3 amide bonds. The molecule has 0 aliphatic carbocycles. The van der Waals surface area contributed by atoms with Crippen LogP contribution < -0.4 is 5.32 Å². The van der Waals surface area contributed by atoms with Crippen LogP contribution in [-0.4, -0.2) is 34.7 Å². The molecular weight excluding hydrogens is 276 g/mol. The SMILES string of the molecule is CC(C)N1C(=O)C[C@H](NC(=O)[C@H](C)c2ccsc2)C1=O. The van der Waals surface area contributed by atoms with Crippen LogP contribution in [0, 0.1) is 0 Å². The van der Waals surface area contributed by atoms with Gasteiger partial charge in [0.15, 0.2) is 0 Å². The minimum atomic E-state index is -0.724. The molecular formula is C14H18N2O3S. The standard InChI is InChI=1S/C14H18N2O3S/c1-8(2)16-12(17)6-11(14(16)19)15-13(18)9(3)10-4-5-20-7-10/h4-5,7-9,11H,6H2,1-3H3,(H,15,18)/t9-,11+/m1/s1. The molecule has 6 heteroatoms. The number of nitrogens with one attached hydrogen (secondary N) is 1. The molecule has 1 saturated heterocycles. The van der Waals surface area contributed by atoms with Gasteiger partial charge in [-0.25, -0.2) is 0 Å². The number of rotatable bonds is 4. The predicted molar refractivity (Wildman–Crippen MR) is 76.3 cm³/mol. The summed E-state index contributed by atoms with van der Waals surface area (Å²) in [5.41, 5.74) is 0.921. The van der Waals surface area contributed by atoms with Crippen LogP contribution in [0.2, 0.25) is 0 Å². The largest absolute Gasteiger partial charge is 0.343 e. The number of nitrogens with zero attached hydrogens (tertiary/aromatic N) is 1. The minimum Gasteiger partial charge on any atom is -0.343 e. The number of carbonyl (C=O) groups is 3. The third-order valence-corrected chi connectivity index (χ3v) is 4.15. The van der Waals surface area contributed by atoms with Gasteiger partial charge in [-0.3, -0.25) is 19.3 Å². The Morgan fingerprint density at radius 3 is 2.60 bits per heavy atom. The van der Waals surface area contributed by atoms with Gasteiger partial charge in [0.25, 0.3) is 5.91 Å². The van der Waals surface area contributed by atoms with Crippen molar-refractivity contribution in [3.63, 3.8) is 0 Å². The minimum absolute atomic E-state index is 0.0547. The molecule has 0 bridgehead atoms. The first-order valence-electron chi connectivity index (χ1n) is 6.60. The van der Waals surface area contributed by atoms with E-state index in [1.807, 2.05) is 16.8 Å². The number of carbonyl (C=O) groups excluding carboxylic acids is 3. The first-order chi connectivity index (χ1) is 9.41. The van der Waals surface area contributed by atoms with Crippen LogP contribution in [0.4, 0.5) is 0 Å². The van der Waals surface area contributed by atoms with Gasteiger partial charge >= 0.3 is 0 Å². The van der Waals surface area contributed by atoms with Crippen molar-refractivity contribution in [3.05, 3.63) is 22.4 Å². The van der Waals surface area contributed by atoms with Crippen molar-refractivity contribution < 1.29 is 14.4 Å². The lowest BCUT2D eigenvalue weighted by Gasteiger charge is -2.19. The quantitative estimate of drug-likeness (QED) is 0.856. The maximum Gasteiger partial charge on any atom is 0.252 e. The van der Waals surface area contributed by atoms with Crippen LogP contribution in [0.5, 0.6) is 0 Å². The molecule has 2 heterocycles. The summed E-state index contributed by atoms with van der Waals surface area (Å²) < 4.78 is 0. The summed E-state index contributed by atoms with van der Waals surface area (Å²) in [4.78, 5) is 37.2. The Hall–Kier alpha value is -1.69. The van der Waals surface area contributed by atoms with Crippen molar-refractivity contribution in [1.82, 2.24) is 10.2 Å². The van der Waals surface area contributed by atoms with Crippen molar-refractivity contribution in [1.29, 1.82) is 0 Å². The highest BCUT2D eigenvalue weighted by atomic mass is 32.1. The second-order valence-corrected chi connectivity index (χ2v) is 6.02. The summed E-state index contributed by atoms with van der Waals surface area (Å²) in [7, 11) is 0. The fraction of sp³-hybridized carbons (Fsp3) is 0.500. The summed E-state index contributed by atoms with van der Waals surface area (Å²) >= 11 is 1.52. The van der Waals surface area contributed by atoms with Gasteiger partial charge in [-0.2, -0.15) is 11.3 Å². The molecule has 1 N–H and O–H groups in total. The molecule has 1 aliphatic heterocycles. The predicted octanol–water partition coefficient (Wildman–Crippen LogP) is 1.50. The number of thiophene rings is 1. The van der Waals surface area contributed by atoms with Gasteiger partial charge in [-0.15, -0.1) is 0 Å². The Morgan fingerprint density at radius 2 is 2.10 bits per heavy atom. The van der Waals surface area contributed by atoms with E-state index in [2.05, 4.69) is 5.32 Å². The fourth-order valence-electron chi connectivity index (χ4n) is 2.28. The molecule has 1 aromatic heterocycles. The molecule has 0 unspecified atom stereocenters. The van der Waals surface area contributed by atoms with Crippen LogP contribution >= 0.6 is 11.3 Å². The fourth-order valence-corrected chi connectivity index (χ4v) is 3.03. The van der Waals surface area contributed by atoms with E-state index in [9.17, 15) is 14.4 Å². The summed E-state index contributed by atoms with van der Waals surface area (Å²) in [5, 5.41) is 6.50. The van der Waals surface area contributed by atoms with Gasteiger partial charge in [-0.05, 0) is 43.2 Å². The summed E-state index contributed by atoms with van der Waals surface area (Å²) in [6, 6.07) is 0.987. The molecule has 1 fully saturated rings. The van der Waals surface area contributed by atoms with Crippen molar-refractivity contribution in [2.75, 3.05) is 0 Å². The lowest BCUT2D eigenvalue weighted by molar-refractivity contribution is -0.141. The van der Waals surface area contributed by atoms with E-state index >= 15 is 0 Å². The Balaban J connectivity index is 2.02. The van der Waals surface area contributed by atoms with Crippen LogP contribution in [0.1, 0.15) is 38.7 Å². The lowest BCUT2D eigenvalue weighted by atomic mass is 10.0. The Morgan fingerprint density at radius 1 is 1.40 bits per heavy atom. The van der Waals surface area contributed by atoms with Crippen molar-refractivity contribution in [2.45, 2.75) is 45.2 Å². The highest BCUT2D eigenvalue weighted by Gasteiger charge is 2.41. The highest BCUT2D eigenvalue weighted by molar-refractivity contribution is 7.08. The monoisotopic (exact) mass is 294 g/mol. The lowest BCUT2D eigenvalue weighted by Crippen LogP contribution is -2.44.